The molecule has 2 fully saturated rings. The molecule has 0 amide bonds. The van der Waals surface area contributed by atoms with Crippen molar-refractivity contribution in [1.82, 2.24) is 5.32 Å². The first-order chi connectivity index (χ1) is 9.25. The van der Waals surface area contributed by atoms with Gasteiger partial charge in [0.25, 0.3) is 0 Å². The third-order valence-corrected chi connectivity index (χ3v) is 5.36. The van der Waals surface area contributed by atoms with Gasteiger partial charge >= 0.3 is 0 Å². The second-order valence-corrected chi connectivity index (χ2v) is 6.99. The van der Waals surface area contributed by atoms with E-state index >= 15 is 0 Å². The van der Waals surface area contributed by atoms with Gasteiger partial charge in [-0.05, 0) is 38.0 Å². The molecule has 2 N–H and O–H groups in total. The summed E-state index contributed by atoms with van der Waals surface area (Å²) in [7, 11) is 0. The smallest absolute Gasteiger partial charge is 0.0667 e. The molecule has 0 saturated heterocycles. The molecular weight excluding hydrogens is 234 g/mol. The molecule has 2 aliphatic carbocycles. The Hall–Kier alpha value is -0.0800. The maximum Gasteiger partial charge on any atom is 0.0667 e. The summed E-state index contributed by atoms with van der Waals surface area (Å²) in [5, 5.41) is 13.8. The lowest BCUT2D eigenvalue weighted by Gasteiger charge is -2.25. The molecule has 2 saturated carbocycles. The maximum atomic E-state index is 10.1. The summed E-state index contributed by atoms with van der Waals surface area (Å²) in [5.41, 5.74) is 0. The fourth-order valence-electron chi connectivity index (χ4n) is 4.01. The Morgan fingerprint density at radius 1 is 0.947 bits per heavy atom. The molecule has 2 aliphatic rings. The van der Waals surface area contributed by atoms with Crippen LogP contribution in [0.25, 0.3) is 0 Å². The fraction of sp³-hybridized carbons (Fsp3) is 1.00. The van der Waals surface area contributed by atoms with Gasteiger partial charge in [0.05, 0.1) is 6.10 Å². The zero-order valence-corrected chi connectivity index (χ0v) is 12.7. The van der Waals surface area contributed by atoms with Crippen LogP contribution in [0.4, 0.5) is 0 Å². The Kier molecular flexibility index (Phi) is 6.66. The van der Waals surface area contributed by atoms with E-state index in [1.807, 2.05) is 0 Å². The van der Waals surface area contributed by atoms with Gasteiger partial charge in [0.1, 0.15) is 0 Å². The first-order valence-electron chi connectivity index (χ1n) is 8.67. The lowest BCUT2D eigenvalue weighted by atomic mass is 9.92. The second kappa shape index (κ2) is 8.26. The van der Waals surface area contributed by atoms with Crippen LogP contribution < -0.4 is 5.32 Å². The second-order valence-electron chi connectivity index (χ2n) is 6.99. The minimum absolute atomic E-state index is 0.128. The van der Waals surface area contributed by atoms with Crippen molar-refractivity contribution in [2.24, 2.45) is 11.8 Å². The Bertz CT molecular complexity index is 229. The molecule has 112 valence electrons. The van der Waals surface area contributed by atoms with Crippen molar-refractivity contribution in [3.05, 3.63) is 0 Å². The van der Waals surface area contributed by atoms with Crippen molar-refractivity contribution in [3.8, 4) is 0 Å². The number of hydrogen-bond acceptors (Lipinski definition) is 2. The summed E-state index contributed by atoms with van der Waals surface area (Å²) in [6.45, 7) is 3.12. The molecule has 0 heterocycles. The van der Waals surface area contributed by atoms with Crippen LogP contribution in [0, 0.1) is 11.8 Å². The molecule has 0 aromatic carbocycles. The third-order valence-electron chi connectivity index (χ3n) is 5.36. The van der Waals surface area contributed by atoms with E-state index in [1.54, 1.807) is 0 Å². The Morgan fingerprint density at radius 2 is 1.53 bits per heavy atom. The van der Waals surface area contributed by atoms with E-state index in [0.717, 1.165) is 24.8 Å². The van der Waals surface area contributed by atoms with Crippen LogP contribution in [0.3, 0.4) is 0 Å². The lowest BCUT2D eigenvalue weighted by molar-refractivity contribution is 0.133. The fourth-order valence-corrected chi connectivity index (χ4v) is 4.01. The molecule has 2 rings (SSSR count). The molecule has 0 spiro atoms. The van der Waals surface area contributed by atoms with Crippen LogP contribution >= 0.6 is 0 Å². The predicted octanol–water partition coefficient (Wildman–Crippen LogP) is 3.88. The molecule has 1 unspecified atom stereocenters. The van der Waals surface area contributed by atoms with Crippen LogP contribution in [0.15, 0.2) is 0 Å². The van der Waals surface area contributed by atoms with E-state index in [4.69, 9.17) is 0 Å². The number of aliphatic hydroxyl groups is 1. The average molecular weight is 267 g/mol. The van der Waals surface area contributed by atoms with Gasteiger partial charge in [0, 0.05) is 12.6 Å². The van der Waals surface area contributed by atoms with E-state index in [9.17, 15) is 5.11 Å². The zero-order valence-electron chi connectivity index (χ0n) is 12.7. The highest BCUT2D eigenvalue weighted by Crippen LogP contribution is 2.29. The minimum atomic E-state index is -0.128. The van der Waals surface area contributed by atoms with Gasteiger partial charge < -0.3 is 10.4 Å². The van der Waals surface area contributed by atoms with Crippen molar-refractivity contribution >= 4 is 0 Å². The summed E-state index contributed by atoms with van der Waals surface area (Å²) in [5.74, 6) is 1.63. The molecule has 0 aromatic rings. The monoisotopic (exact) mass is 267 g/mol. The highest BCUT2D eigenvalue weighted by atomic mass is 16.3. The van der Waals surface area contributed by atoms with E-state index in [1.165, 1.54) is 64.2 Å². The van der Waals surface area contributed by atoms with Crippen molar-refractivity contribution in [3.63, 3.8) is 0 Å². The zero-order chi connectivity index (χ0) is 13.5. The number of rotatable bonds is 6. The van der Waals surface area contributed by atoms with E-state index < -0.39 is 0 Å². The highest BCUT2D eigenvalue weighted by Gasteiger charge is 2.21. The predicted molar refractivity (Wildman–Crippen MR) is 81.2 cm³/mol. The van der Waals surface area contributed by atoms with Crippen molar-refractivity contribution in [2.75, 3.05) is 6.54 Å². The molecule has 19 heavy (non-hydrogen) atoms. The van der Waals surface area contributed by atoms with Crippen LogP contribution in [-0.2, 0) is 0 Å². The number of hydrogen-bond donors (Lipinski definition) is 2. The largest absolute Gasteiger partial charge is 0.392 e. The molecule has 0 bridgehead atoms. The lowest BCUT2D eigenvalue weighted by Crippen LogP contribution is -2.38. The van der Waals surface area contributed by atoms with Crippen LogP contribution in [0.2, 0.25) is 0 Å². The molecule has 2 atom stereocenters. The van der Waals surface area contributed by atoms with E-state index in [-0.39, 0.29) is 6.10 Å². The molecule has 0 radical (unpaired) electrons. The highest BCUT2D eigenvalue weighted by molar-refractivity contribution is 4.78. The molecule has 0 aliphatic heterocycles. The van der Waals surface area contributed by atoms with Gasteiger partial charge in [0.2, 0.25) is 0 Å². The van der Waals surface area contributed by atoms with Gasteiger partial charge in [-0.3, -0.25) is 0 Å². The van der Waals surface area contributed by atoms with Gasteiger partial charge in [-0.2, -0.15) is 0 Å². The molecule has 0 aromatic heterocycles. The van der Waals surface area contributed by atoms with Gasteiger partial charge in [0.15, 0.2) is 0 Å². The summed E-state index contributed by atoms with van der Waals surface area (Å²) in [6.07, 6.45) is 14.8. The Morgan fingerprint density at radius 3 is 2.16 bits per heavy atom. The minimum Gasteiger partial charge on any atom is -0.392 e. The normalized spacial score (nSPS) is 26.2. The molecular formula is C17H33NO. The van der Waals surface area contributed by atoms with E-state index in [0.29, 0.717) is 6.04 Å². The number of aliphatic hydroxyl groups excluding tert-OH is 1. The van der Waals surface area contributed by atoms with Gasteiger partial charge in [-0.1, -0.05) is 51.4 Å². The number of nitrogens with one attached hydrogen (secondary N) is 1. The first kappa shape index (κ1) is 15.3. The summed E-state index contributed by atoms with van der Waals surface area (Å²) < 4.78 is 0. The summed E-state index contributed by atoms with van der Waals surface area (Å²) in [4.78, 5) is 0. The topological polar surface area (TPSA) is 32.3 Å². The summed E-state index contributed by atoms with van der Waals surface area (Å²) >= 11 is 0. The van der Waals surface area contributed by atoms with Crippen molar-refractivity contribution in [1.29, 1.82) is 0 Å². The van der Waals surface area contributed by atoms with Gasteiger partial charge in [-0.15, -0.1) is 0 Å². The quantitative estimate of drug-likeness (QED) is 0.716. The van der Waals surface area contributed by atoms with E-state index in [2.05, 4.69) is 12.2 Å². The van der Waals surface area contributed by atoms with Crippen LogP contribution in [-0.4, -0.2) is 23.8 Å². The van der Waals surface area contributed by atoms with Crippen LogP contribution in [0.1, 0.15) is 77.6 Å². The Balaban J connectivity index is 1.62. The summed E-state index contributed by atoms with van der Waals surface area (Å²) in [6, 6.07) is 0.580. The third kappa shape index (κ3) is 5.43. The standard InChI is InChI=1S/C17H33NO/c1-14(16-10-4-2-3-5-11-16)18-13-17(19)12-15-8-6-7-9-15/h14-19H,2-13H2,1H3/t14-,17?/m0/s1. The Labute approximate surface area is 119 Å². The van der Waals surface area contributed by atoms with Gasteiger partial charge in [-0.25, -0.2) is 0 Å². The van der Waals surface area contributed by atoms with Crippen molar-refractivity contribution in [2.45, 2.75) is 89.7 Å². The SMILES string of the molecule is C[C@H](NCC(O)CC1CCCC1)C1CCCCCC1. The van der Waals surface area contributed by atoms with Crippen molar-refractivity contribution < 1.29 is 5.11 Å². The maximum absolute atomic E-state index is 10.1. The first-order valence-corrected chi connectivity index (χ1v) is 8.67. The molecule has 2 nitrogen and oxygen atoms in total. The van der Waals surface area contributed by atoms with Crippen LogP contribution in [0.5, 0.6) is 0 Å². The molecule has 2 heteroatoms. The average Bonchev–Trinajstić information content (AvgIpc) is 2.76.